The summed E-state index contributed by atoms with van der Waals surface area (Å²) in [5.41, 5.74) is 9.29. The molecule has 2 aromatic rings. The van der Waals surface area contributed by atoms with Crippen molar-refractivity contribution in [2.24, 2.45) is 10.9 Å². The zero-order valence-electron chi connectivity index (χ0n) is 10.5. The number of nitrogens with zero attached hydrogens (tertiary/aromatic N) is 4. The molecule has 1 aliphatic rings. The SMILES string of the molecule is N/C(=N/O)c1ncccc1-n1cnc2c1CCCC2. The van der Waals surface area contributed by atoms with E-state index in [0.717, 1.165) is 30.6 Å². The third-order valence-electron chi connectivity index (χ3n) is 3.43. The highest BCUT2D eigenvalue weighted by molar-refractivity contribution is 5.98. The number of rotatable bonds is 2. The molecule has 0 aliphatic heterocycles. The molecule has 0 fully saturated rings. The van der Waals surface area contributed by atoms with E-state index in [0.29, 0.717) is 5.69 Å². The molecule has 3 rings (SSSR count). The normalized spacial score (nSPS) is 15.3. The molecular weight excluding hydrogens is 242 g/mol. The fourth-order valence-electron chi connectivity index (χ4n) is 2.51. The Hall–Kier alpha value is -2.37. The summed E-state index contributed by atoms with van der Waals surface area (Å²) >= 11 is 0. The lowest BCUT2D eigenvalue weighted by Gasteiger charge is -2.15. The van der Waals surface area contributed by atoms with Crippen LogP contribution in [0.25, 0.3) is 5.69 Å². The molecule has 0 amide bonds. The Balaban J connectivity index is 2.15. The molecule has 6 heteroatoms. The van der Waals surface area contributed by atoms with Crippen molar-refractivity contribution < 1.29 is 5.21 Å². The highest BCUT2D eigenvalue weighted by atomic mass is 16.4. The average Bonchev–Trinajstić information content (AvgIpc) is 2.90. The fourth-order valence-corrected chi connectivity index (χ4v) is 2.51. The molecule has 19 heavy (non-hydrogen) atoms. The maximum absolute atomic E-state index is 8.85. The number of pyridine rings is 1. The average molecular weight is 257 g/mol. The summed E-state index contributed by atoms with van der Waals surface area (Å²) < 4.78 is 1.99. The Morgan fingerprint density at radius 1 is 1.32 bits per heavy atom. The van der Waals surface area contributed by atoms with Gasteiger partial charge in [0.25, 0.3) is 0 Å². The first kappa shape index (κ1) is 11.7. The minimum atomic E-state index is 0.00820. The van der Waals surface area contributed by atoms with Gasteiger partial charge in [-0.1, -0.05) is 5.16 Å². The van der Waals surface area contributed by atoms with Crippen LogP contribution in [-0.2, 0) is 12.8 Å². The second-order valence-electron chi connectivity index (χ2n) is 4.57. The quantitative estimate of drug-likeness (QED) is 0.366. The van der Waals surface area contributed by atoms with E-state index in [4.69, 9.17) is 10.9 Å². The third kappa shape index (κ3) is 1.95. The van der Waals surface area contributed by atoms with Crippen molar-refractivity contribution in [3.8, 4) is 5.69 Å². The van der Waals surface area contributed by atoms with Crippen molar-refractivity contribution in [1.82, 2.24) is 14.5 Å². The molecule has 0 bridgehead atoms. The van der Waals surface area contributed by atoms with Crippen LogP contribution in [0.2, 0.25) is 0 Å². The summed E-state index contributed by atoms with van der Waals surface area (Å²) in [5.74, 6) is 0.00820. The molecule has 2 heterocycles. The summed E-state index contributed by atoms with van der Waals surface area (Å²) in [6.07, 6.45) is 7.78. The zero-order valence-corrected chi connectivity index (χ0v) is 10.5. The van der Waals surface area contributed by atoms with Gasteiger partial charge < -0.3 is 15.5 Å². The van der Waals surface area contributed by atoms with Crippen LogP contribution in [0, 0.1) is 0 Å². The first-order valence-corrected chi connectivity index (χ1v) is 6.29. The molecule has 98 valence electrons. The van der Waals surface area contributed by atoms with Gasteiger partial charge in [-0.2, -0.15) is 0 Å². The van der Waals surface area contributed by atoms with Crippen LogP contribution in [0.4, 0.5) is 0 Å². The van der Waals surface area contributed by atoms with Crippen molar-refractivity contribution in [2.45, 2.75) is 25.7 Å². The van der Waals surface area contributed by atoms with Crippen molar-refractivity contribution in [1.29, 1.82) is 0 Å². The van der Waals surface area contributed by atoms with Crippen molar-refractivity contribution >= 4 is 5.84 Å². The van der Waals surface area contributed by atoms with Gasteiger partial charge in [-0.05, 0) is 37.8 Å². The number of aromatic nitrogens is 3. The lowest BCUT2D eigenvalue weighted by atomic mass is 10.0. The number of aryl methyl sites for hydroxylation is 1. The van der Waals surface area contributed by atoms with Crippen LogP contribution >= 0.6 is 0 Å². The Bertz CT molecular complexity index is 632. The van der Waals surface area contributed by atoms with Gasteiger partial charge in [0.05, 0.1) is 17.7 Å². The minimum absolute atomic E-state index is 0.00820. The molecule has 6 nitrogen and oxygen atoms in total. The number of fused-ring (bicyclic) bond motifs is 1. The second-order valence-corrected chi connectivity index (χ2v) is 4.57. The van der Waals surface area contributed by atoms with Gasteiger partial charge in [0.1, 0.15) is 5.69 Å². The van der Waals surface area contributed by atoms with E-state index in [2.05, 4.69) is 15.1 Å². The highest BCUT2D eigenvalue weighted by Gasteiger charge is 2.19. The molecule has 0 unspecified atom stereocenters. The fraction of sp³-hybridized carbons (Fsp3) is 0.308. The van der Waals surface area contributed by atoms with Crippen LogP contribution in [0.15, 0.2) is 29.8 Å². The molecular formula is C13H15N5O. The smallest absolute Gasteiger partial charge is 0.190 e. The van der Waals surface area contributed by atoms with Gasteiger partial charge in [0.2, 0.25) is 0 Å². The minimum Gasteiger partial charge on any atom is -0.409 e. The Morgan fingerprint density at radius 3 is 3.00 bits per heavy atom. The molecule has 0 aromatic carbocycles. The number of hydrogen-bond donors (Lipinski definition) is 2. The lowest BCUT2D eigenvalue weighted by molar-refractivity contribution is 0.318. The third-order valence-corrected chi connectivity index (χ3v) is 3.43. The summed E-state index contributed by atoms with van der Waals surface area (Å²) in [5, 5.41) is 11.9. The number of hydrogen-bond acceptors (Lipinski definition) is 4. The second kappa shape index (κ2) is 4.72. The van der Waals surface area contributed by atoms with E-state index < -0.39 is 0 Å². The van der Waals surface area contributed by atoms with Crippen molar-refractivity contribution in [2.75, 3.05) is 0 Å². The molecule has 0 saturated carbocycles. The molecule has 0 atom stereocenters. The summed E-state index contributed by atoms with van der Waals surface area (Å²) in [4.78, 5) is 8.64. The highest BCUT2D eigenvalue weighted by Crippen LogP contribution is 2.24. The standard InChI is InChI=1S/C13H15N5O/c14-13(17-19)12-11(6-3-7-15-12)18-8-16-9-4-1-2-5-10(9)18/h3,6-8,19H,1-2,4-5H2,(H2,14,17). The van der Waals surface area contributed by atoms with Crippen LogP contribution < -0.4 is 5.73 Å². The Kier molecular flexibility index (Phi) is 2.91. The first-order chi connectivity index (χ1) is 9.31. The molecule has 0 spiro atoms. The van der Waals surface area contributed by atoms with Crippen molar-refractivity contribution in [3.63, 3.8) is 0 Å². The summed E-state index contributed by atoms with van der Waals surface area (Å²) in [7, 11) is 0. The largest absolute Gasteiger partial charge is 0.409 e. The zero-order chi connectivity index (χ0) is 13.2. The first-order valence-electron chi connectivity index (χ1n) is 6.29. The summed E-state index contributed by atoms with van der Waals surface area (Å²) in [6.45, 7) is 0. The van der Waals surface area contributed by atoms with Gasteiger partial charge in [0, 0.05) is 11.9 Å². The van der Waals surface area contributed by atoms with E-state index in [1.165, 1.54) is 12.1 Å². The predicted molar refractivity (Wildman–Crippen MR) is 70.5 cm³/mol. The summed E-state index contributed by atoms with van der Waals surface area (Å²) in [6, 6.07) is 3.73. The van der Waals surface area contributed by atoms with Crippen LogP contribution in [0.1, 0.15) is 29.9 Å². The topological polar surface area (TPSA) is 89.3 Å². The van der Waals surface area contributed by atoms with Crippen LogP contribution in [-0.4, -0.2) is 25.6 Å². The van der Waals surface area contributed by atoms with E-state index in [1.807, 2.05) is 16.7 Å². The molecule has 0 saturated heterocycles. The van der Waals surface area contributed by atoms with Gasteiger partial charge in [-0.25, -0.2) is 4.98 Å². The monoisotopic (exact) mass is 257 g/mol. The van der Waals surface area contributed by atoms with E-state index in [9.17, 15) is 0 Å². The maximum Gasteiger partial charge on any atom is 0.190 e. The van der Waals surface area contributed by atoms with Gasteiger partial charge in [0.15, 0.2) is 5.84 Å². The Labute approximate surface area is 110 Å². The number of oxime groups is 1. The number of imidazole rings is 1. The molecule has 1 aliphatic carbocycles. The van der Waals surface area contributed by atoms with E-state index in [1.54, 1.807) is 12.5 Å². The van der Waals surface area contributed by atoms with Crippen LogP contribution in [0.5, 0.6) is 0 Å². The maximum atomic E-state index is 8.85. The van der Waals surface area contributed by atoms with Crippen molar-refractivity contribution in [3.05, 3.63) is 41.7 Å². The van der Waals surface area contributed by atoms with Gasteiger partial charge in [-0.3, -0.25) is 4.98 Å². The van der Waals surface area contributed by atoms with E-state index >= 15 is 0 Å². The van der Waals surface area contributed by atoms with Gasteiger partial charge >= 0.3 is 0 Å². The molecule has 2 aromatic heterocycles. The number of nitrogens with two attached hydrogens (primary N) is 1. The number of amidine groups is 1. The lowest BCUT2D eigenvalue weighted by Crippen LogP contribution is -2.19. The van der Waals surface area contributed by atoms with Crippen LogP contribution in [0.3, 0.4) is 0 Å². The van der Waals surface area contributed by atoms with E-state index in [-0.39, 0.29) is 5.84 Å². The predicted octanol–water partition coefficient (Wildman–Crippen LogP) is 1.24. The van der Waals surface area contributed by atoms with Gasteiger partial charge in [-0.15, -0.1) is 0 Å². The molecule has 3 N–H and O–H groups in total. The Morgan fingerprint density at radius 2 is 2.16 bits per heavy atom. The molecule has 0 radical (unpaired) electrons.